The van der Waals surface area contributed by atoms with E-state index >= 15 is 0 Å². The number of nitrogens with one attached hydrogen (secondary N) is 2. The minimum absolute atomic E-state index is 0.427. The number of benzene rings is 1. The Hall–Kier alpha value is -2.18. The van der Waals surface area contributed by atoms with Gasteiger partial charge in [0.05, 0.1) is 5.56 Å². The largest absolute Gasteiger partial charge is 0.478 e. The van der Waals surface area contributed by atoms with Crippen LogP contribution in [0.1, 0.15) is 38.1 Å². The van der Waals surface area contributed by atoms with Gasteiger partial charge in [0.25, 0.3) is 0 Å². The second-order valence-corrected chi connectivity index (χ2v) is 5.73. The van der Waals surface area contributed by atoms with Gasteiger partial charge in [0, 0.05) is 5.54 Å². The van der Waals surface area contributed by atoms with Crippen molar-refractivity contribution < 1.29 is 23.5 Å². The average molecular weight is 300 g/mol. The number of carbonyl (C=O) groups excluding carboxylic acids is 1. The molecule has 1 aromatic carbocycles. The lowest BCUT2D eigenvalue weighted by atomic mass is 10.1. The lowest BCUT2D eigenvalue weighted by molar-refractivity contribution is -0.122. The third kappa shape index (κ3) is 4.70. The zero-order chi connectivity index (χ0) is 16.4. The first-order valence-electron chi connectivity index (χ1n) is 6.32. The van der Waals surface area contributed by atoms with Crippen LogP contribution >= 0.6 is 0 Å². The van der Waals surface area contributed by atoms with E-state index in [1.54, 1.807) is 20.8 Å². The average Bonchev–Trinajstić information content (AvgIpc) is 2.30. The zero-order valence-electron chi connectivity index (χ0n) is 12.3. The van der Waals surface area contributed by atoms with E-state index in [1.165, 1.54) is 6.92 Å². The summed E-state index contributed by atoms with van der Waals surface area (Å²) in [5, 5.41) is 13.8. The normalized spacial score (nSPS) is 12.7. The Morgan fingerprint density at radius 1 is 1.19 bits per heavy atom. The number of amides is 1. The molecular weight excluding hydrogens is 282 g/mol. The minimum atomic E-state index is -1.43. The van der Waals surface area contributed by atoms with E-state index in [9.17, 15) is 18.4 Å². The summed E-state index contributed by atoms with van der Waals surface area (Å²) in [7, 11) is 0. The van der Waals surface area contributed by atoms with Crippen LogP contribution in [0.15, 0.2) is 12.1 Å². The van der Waals surface area contributed by atoms with Gasteiger partial charge in [0.15, 0.2) is 0 Å². The van der Waals surface area contributed by atoms with E-state index < -0.39 is 46.3 Å². The summed E-state index contributed by atoms with van der Waals surface area (Å²) in [5.74, 6) is -3.99. The molecule has 1 aromatic rings. The van der Waals surface area contributed by atoms with Crippen molar-refractivity contribution in [3.05, 3.63) is 29.3 Å². The van der Waals surface area contributed by atoms with Crippen LogP contribution in [0.2, 0.25) is 0 Å². The van der Waals surface area contributed by atoms with Crippen LogP contribution in [0, 0.1) is 11.6 Å². The van der Waals surface area contributed by atoms with E-state index in [4.69, 9.17) is 5.11 Å². The van der Waals surface area contributed by atoms with E-state index in [2.05, 4.69) is 10.6 Å². The van der Waals surface area contributed by atoms with Crippen LogP contribution in [0.4, 0.5) is 14.5 Å². The molecule has 1 unspecified atom stereocenters. The number of carbonyl (C=O) groups is 2. The maximum Gasteiger partial charge on any atom is 0.335 e. The molecule has 21 heavy (non-hydrogen) atoms. The highest BCUT2D eigenvalue weighted by Gasteiger charge is 2.22. The Labute approximate surface area is 121 Å². The van der Waals surface area contributed by atoms with Gasteiger partial charge in [-0.05, 0) is 39.8 Å². The number of hydrogen-bond donors (Lipinski definition) is 3. The fraction of sp³-hybridized carbons (Fsp3) is 0.429. The number of hydrogen-bond acceptors (Lipinski definition) is 3. The molecule has 0 aliphatic heterocycles. The maximum absolute atomic E-state index is 13.7. The van der Waals surface area contributed by atoms with Gasteiger partial charge in [-0.1, -0.05) is 0 Å². The van der Waals surface area contributed by atoms with Gasteiger partial charge in [0.1, 0.15) is 23.4 Å². The van der Waals surface area contributed by atoms with Crippen LogP contribution in [-0.2, 0) is 4.79 Å². The Morgan fingerprint density at radius 3 is 2.05 bits per heavy atom. The first-order valence-corrected chi connectivity index (χ1v) is 6.32. The summed E-state index contributed by atoms with van der Waals surface area (Å²) in [6, 6.07) is 0.508. The monoisotopic (exact) mass is 300 g/mol. The molecule has 1 rings (SSSR count). The van der Waals surface area contributed by atoms with Gasteiger partial charge in [-0.15, -0.1) is 0 Å². The van der Waals surface area contributed by atoms with Crippen LogP contribution in [0.3, 0.4) is 0 Å². The van der Waals surface area contributed by atoms with Gasteiger partial charge in [-0.3, -0.25) is 4.79 Å². The van der Waals surface area contributed by atoms with E-state index in [1.807, 2.05) is 0 Å². The summed E-state index contributed by atoms with van der Waals surface area (Å²) in [6.07, 6.45) is 0. The van der Waals surface area contributed by atoms with Gasteiger partial charge in [-0.25, -0.2) is 13.6 Å². The molecule has 0 aliphatic rings. The molecule has 5 nitrogen and oxygen atoms in total. The van der Waals surface area contributed by atoms with Crippen LogP contribution in [-0.4, -0.2) is 28.6 Å². The van der Waals surface area contributed by atoms with Gasteiger partial charge >= 0.3 is 5.97 Å². The Kier molecular flexibility index (Phi) is 4.88. The molecular formula is C14H18F2N2O3. The molecule has 3 N–H and O–H groups in total. The van der Waals surface area contributed by atoms with Crippen LogP contribution in [0.5, 0.6) is 0 Å². The first kappa shape index (κ1) is 16.9. The molecule has 0 aromatic heterocycles. The van der Waals surface area contributed by atoms with Crippen LogP contribution in [0.25, 0.3) is 0 Å². The number of aromatic carboxylic acids is 1. The Balaban J connectivity index is 2.93. The van der Waals surface area contributed by atoms with Crippen molar-refractivity contribution in [1.29, 1.82) is 0 Å². The molecule has 0 aliphatic carbocycles. The molecule has 0 fully saturated rings. The van der Waals surface area contributed by atoms with E-state index in [0.717, 1.165) is 0 Å². The van der Waals surface area contributed by atoms with Crippen molar-refractivity contribution in [3.8, 4) is 0 Å². The summed E-state index contributed by atoms with van der Waals surface area (Å²) >= 11 is 0. The molecule has 116 valence electrons. The quantitative estimate of drug-likeness (QED) is 0.797. The molecule has 0 bridgehead atoms. The van der Waals surface area contributed by atoms with Gasteiger partial charge < -0.3 is 15.7 Å². The molecule has 1 amide bonds. The van der Waals surface area contributed by atoms with Gasteiger partial charge in [-0.2, -0.15) is 0 Å². The maximum atomic E-state index is 13.7. The lowest BCUT2D eigenvalue weighted by Crippen LogP contribution is -2.47. The first-order chi connectivity index (χ1) is 9.51. The van der Waals surface area contributed by atoms with Crippen molar-refractivity contribution in [2.75, 3.05) is 5.32 Å². The lowest BCUT2D eigenvalue weighted by Gasteiger charge is -2.24. The van der Waals surface area contributed by atoms with E-state index in [-0.39, 0.29) is 0 Å². The van der Waals surface area contributed by atoms with Crippen molar-refractivity contribution in [3.63, 3.8) is 0 Å². The predicted molar refractivity (Wildman–Crippen MR) is 74.3 cm³/mol. The number of carboxylic acid groups (broad SMARTS) is 1. The zero-order valence-corrected chi connectivity index (χ0v) is 12.3. The Bertz CT molecular complexity index is 545. The van der Waals surface area contributed by atoms with E-state index in [0.29, 0.717) is 12.1 Å². The highest BCUT2D eigenvalue weighted by atomic mass is 19.1. The molecule has 0 heterocycles. The molecule has 1 atom stereocenters. The third-order valence-corrected chi connectivity index (χ3v) is 2.54. The topological polar surface area (TPSA) is 78.4 Å². The molecule has 0 radical (unpaired) electrons. The third-order valence-electron chi connectivity index (χ3n) is 2.54. The second kappa shape index (κ2) is 6.07. The number of halogens is 2. The minimum Gasteiger partial charge on any atom is -0.478 e. The van der Waals surface area contributed by atoms with Crippen molar-refractivity contribution in [2.45, 2.75) is 39.3 Å². The molecule has 0 spiro atoms. The van der Waals surface area contributed by atoms with Crippen molar-refractivity contribution in [1.82, 2.24) is 5.32 Å². The molecule has 0 saturated carbocycles. The Morgan fingerprint density at radius 2 is 1.67 bits per heavy atom. The fourth-order valence-electron chi connectivity index (χ4n) is 1.59. The molecule has 7 heteroatoms. The van der Waals surface area contributed by atoms with Crippen molar-refractivity contribution in [2.24, 2.45) is 0 Å². The highest BCUT2D eigenvalue weighted by Crippen LogP contribution is 2.22. The summed E-state index contributed by atoms with van der Waals surface area (Å²) in [6.45, 7) is 6.78. The summed E-state index contributed by atoms with van der Waals surface area (Å²) in [4.78, 5) is 22.5. The van der Waals surface area contributed by atoms with Crippen LogP contribution < -0.4 is 10.6 Å². The summed E-state index contributed by atoms with van der Waals surface area (Å²) < 4.78 is 27.5. The number of rotatable bonds is 4. The standard InChI is InChI=1S/C14H18F2N2O3/c1-7(12(19)18-14(2,3)4)17-11-9(15)5-8(13(20)21)6-10(11)16/h5-7,17H,1-4H3,(H,18,19)(H,20,21). The van der Waals surface area contributed by atoms with Gasteiger partial charge in [0.2, 0.25) is 5.91 Å². The number of carboxylic acids is 1. The number of anilines is 1. The summed E-state index contributed by atoms with van der Waals surface area (Å²) in [5.41, 5.74) is -1.50. The predicted octanol–water partition coefficient (Wildman–Crippen LogP) is 2.38. The highest BCUT2D eigenvalue weighted by molar-refractivity contribution is 5.89. The fourth-order valence-corrected chi connectivity index (χ4v) is 1.59. The van der Waals surface area contributed by atoms with Crippen molar-refractivity contribution >= 4 is 17.6 Å². The molecule has 0 saturated heterocycles. The smallest absolute Gasteiger partial charge is 0.335 e. The SMILES string of the molecule is CC(Nc1c(F)cc(C(=O)O)cc1F)C(=O)NC(C)(C)C. The second-order valence-electron chi connectivity index (χ2n) is 5.73.